The molecule has 26 heavy (non-hydrogen) atoms. The molecule has 2 aromatic carbocycles. The highest BCUT2D eigenvalue weighted by Gasteiger charge is 2.28. The smallest absolute Gasteiger partial charge is 0.488 e. The van der Waals surface area contributed by atoms with Gasteiger partial charge in [0.2, 0.25) is 0 Å². The van der Waals surface area contributed by atoms with E-state index in [-0.39, 0.29) is 12.4 Å². The van der Waals surface area contributed by atoms with Crippen molar-refractivity contribution in [2.24, 2.45) is 0 Å². The number of halogens is 1. The van der Waals surface area contributed by atoms with E-state index in [2.05, 4.69) is 4.74 Å². The number of benzene rings is 2. The summed E-state index contributed by atoms with van der Waals surface area (Å²) in [6.45, 7) is 3.97. The Bertz CT molecular complexity index is 812. The average molecular weight is 358 g/mol. The van der Waals surface area contributed by atoms with Crippen LogP contribution in [0.3, 0.4) is 0 Å². The Kier molecular flexibility index (Phi) is 5.45. The molecule has 0 aliphatic heterocycles. The molecule has 3 rings (SSSR count). The summed E-state index contributed by atoms with van der Waals surface area (Å²) >= 11 is 0. The highest BCUT2D eigenvalue weighted by Crippen LogP contribution is 2.45. The number of hydrogen-bond acceptors (Lipinski definition) is 4. The Hall–Kier alpha value is -2.56. The van der Waals surface area contributed by atoms with Crippen LogP contribution in [0.1, 0.15) is 47.9 Å². The molecule has 1 fully saturated rings. The molecular weight excluding hydrogens is 335 g/mol. The van der Waals surface area contributed by atoms with Gasteiger partial charge in [-0.2, -0.15) is 0 Å². The number of rotatable bonds is 6. The molecule has 0 amide bonds. The van der Waals surface area contributed by atoms with Crippen LogP contribution in [0.2, 0.25) is 0 Å². The molecule has 138 valence electrons. The molecule has 0 aromatic heterocycles. The van der Waals surface area contributed by atoms with E-state index in [4.69, 9.17) is 9.47 Å². The fourth-order valence-electron chi connectivity index (χ4n) is 3.01. The molecule has 0 unspecified atom stereocenters. The van der Waals surface area contributed by atoms with Crippen LogP contribution in [0, 0.1) is 12.7 Å². The van der Waals surface area contributed by atoms with Gasteiger partial charge >= 0.3 is 6.16 Å². The summed E-state index contributed by atoms with van der Waals surface area (Å²) in [5.41, 5.74) is 3.45. The lowest BCUT2D eigenvalue weighted by molar-refractivity contribution is 0.120. The van der Waals surface area contributed by atoms with Gasteiger partial charge in [-0.15, -0.1) is 0 Å². The molecule has 4 nitrogen and oxygen atoms in total. The highest BCUT2D eigenvalue weighted by molar-refractivity contribution is 5.64. The van der Waals surface area contributed by atoms with Crippen molar-refractivity contribution in [2.75, 3.05) is 7.11 Å². The van der Waals surface area contributed by atoms with E-state index in [0.717, 1.165) is 36.0 Å². The molecule has 0 bridgehead atoms. The van der Waals surface area contributed by atoms with Crippen molar-refractivity contribution in [2.45, 2.75) is 45.6 Å². The number of methoxy groups -OCH3 is 1. The Balaban J connectivity index is 1.88. The van der Waals surface area contributed by atoms with E-state index in [9.17, 15) is 9.18 Å². The van der Waals surface area contributed by atoms with E-state index >= 15 is 0 Å². The first kappa shape index (κ1) is 18.2. The predicted octanol–water partition coefficient (Wildman–Crippen LogP) is 5.30. The summed E-state index contributed by atoms with van der Waals surface area (Å²) in [7, 11) is 1.26. The van der Waals surface area contributed by atoms with Crippen LogP contribution in [0.4, 0.5) is 9.18 Å². The maximum absolute atomic E-state index is 14.0. The van der Waals surface area contributed by atoms with Crippen LogP contribution >= 0.6 is 0 Å². The van der Waals surface area contributed by atoms with Crippen molar-refractivity contribution in [1.82, 2.24) is 0 Å². The topological polar surface area (TPSA) is 44.8 Å². The second-order valence-electron chi connectivity index (χ2n) is 6.51. The van der Waals surface area contributed by atoms with Gasteiger partial charge in [0.15, 0.2) is 0 Å². The monoisotopic (exact) mass is 358 g/mol. The first-order valence-electron chi connectivity index (χ1n) is 8.82. The average Bonchev–Trinajstić information content (AvgIpc) is 3.47. The molecule has 0 N–H and O–H groups in total. The maximum Gasteiger partial charge on any atom is 0.513 e. The van der Waals surface area contributed by atoms with E-state index in [1.54, 1.807) is 13.0 Å². The summed E-state index contributed by atoms with van der Waals surface area (Å²) in [6.07, 6.45) is 2.18. The third-order valence-electron chi connectivity index (χ3n) is 4.65. The van der Waals surface area contributed by atoms with E-state index in [1.807, 2.05) is 25.1 Å². The lowest BCUT2D eigenvalue weighted by Gasteiger charge is -2.17. The fraction of sp³-hybridized carbons (Fsp3) is 0.381. The van der Waals surface area contributed by atoms with Crippen molar-refractivity contribution >= 4 is 6.16 Å². The van der Waals surface area contributed by atoms with Crippen LogP contribution in [0.25, 0.3) is 0 Å². The van der Waals surface area contributed by atoms with Crippen LogP contribution in [0.15, 0.2) is 30.3 Å². The molecule has 0 atom stereocenters. The summed E-state index contributed by atoms with van der Waals surface area (Å²) < 4.78 is 29.9. The minimum Gasteiger partial charge on any atom is -0.488 e. The van der Waals surface area contributed by atoms with Gasteiger partial charge in [0.05, 0.1) is 7.11 Å². The Morgan fingerprint density at radius 2 is 2.00 bits per heavy atom. The number of aryl methyl sites for hydroxylation is 2. The van der Waals surface area contributed by atoms with Gasteiger partial charge in [-0.3, -0.25) is 0 Å². The number of carbonyl (C=O) groups excluding carboxylic acids is 1. The van der Waals surface area contributed by atoms with Gasteiger partial charge < -0.3 is 14.2 Å². The molecule has 2 aromatic rings. The van der Waals surface area contributed by atoms with Crippen LogP contribution < -0.4 is 9.47 Å². The van der Waals surface area contributed by atoms with E-state index < -0.39 is 6.16 Å². The quantitative estimate of drug-likeness (QED) is 0.519. The van der Waals surface area contributed by atoms with Crippen LogP contribution in [-0.4, -0.2) is 13.3 Å². The normalized spacial score (nSPS) is 13.4. The maximum atomic E-state index is 14.0. The standard InChI is InChI=1S/C21H23FO4/c1-4-14-6-5-7-19(26-21(23)24-3)17(14)12-25-20-11-18(22)13(2)10-16(20)15-8-9-15/h5-7,10-11,15H,4,8-9,12H2,1-3H3. The molecule has 1 aliphatic rings. The van der Waals surface area contributed by atoms with Gasteiger partial charge in [0, 0.05) is 11.6 Å². The summed E-state index contributed by atoms with van der Waals surface area (Å²) in [4.78, 5) is 11.5. The molecule has 0 heterocycles. The molecule has 1 aliphatic carbocycles. The number of carbonyl (C=O) groups is 1. The largest absolute Gasteiger partial charge is 0.513 e. The van der Waals surface area contributed by atoms with Crippen molar-refractivity contribution < 1.29 is 23.4 Å². The van der Waals surface area contributed by atoms with Crippen molar-refractivity contribution in [3.8, 4) is 11.5 Å². The minimum absolute atomic E-state index is 0.193. The molecular formula is C21H23FO4. The van der Waals surface area contributed by atoms with Crippen molar-refractivity contribution in [3.05, 3.63) is 58.4 Å². The molecule has 1 saturated carbocycles. The third-order valence-corrected chi connectivity index (χ3v) is 4.65. The highest BCUT2D eigenvalue weighted by atomic mass is 19.1. The molecule has 0 radical (unpaired) electrons. The Labute approximate surface area is 152 Å². The molecule has 5 heteroatoms. The van der Waals surface area contributed by atoms with Gasteiger partial charge in [0.1, 0.15) is 23.9 Å². The van der Waals surface area contributed by atoms with Gasteiger partial charge in [-0.1, -0.05) is 19.1 Å². The Morgan fingerprint density at radius 1 is 1.23 bits per heavy atom. The molecule has 0 saturated heterocycles. The summed E-state index contributed by atoms with van der Waals surface area (Å²) in [6, 6.07) is 8.81. The lowest BCUT2D eigenvalue weighted by atomic mass is 10.0. The van der Waals surface area contributed by atoms with Crippen molar-refractivity contribution in [1.29, 1.82) is 0 Å². The zero-order valence-corrected chi connectivity index (χ0v) is 15.3. The SMILES string of the molecule is CCc1cccc(OC(=O)OC)c1COc1cc(F)c(C)cc1C1CC1. The zero-order chi connectivity index (χ0) is 18.7. The predicted molar refractivity (Wildman–Crippen MR) is 96.3 cm³/mol. The van der Waals surface area contributed by atoms with Gasteiger partial charge in [-0.25, -0.2) is 9.18 Å². The zero-order valence-electron chi connectivity index (χ0n) is 15.3. The summed E-state index contributed by atoms with van der Waals surface area (Å²) in [5, 5.41) is 0. The molecule has 0 spiro atoms. The second kappa shape index (κ2) is 7.77. The third kappa shape index (κ3) is 3.98. The second-order valence-corrected chi connectivity index (χ2v) is 6.51. The fourth-order valence-corrected chi connectivity index (χ4v) is 3.01. The minimum atomic E-state index is -0.778. The van der Waals surface area contributed by atoms with E-state index in [0.29, 0.717) is 23.0 Å². The summed E-state index contributed by atoms with van der Waals surface area (Å²) in [5.74, 6) is 1.12. The van der Waals surface area contributed by atoms with Crippen LogP contribution in [-0.2, 0) is 17.8 Å². The van der Waals surface area contributed by atoms with Crippen molar-refractivity contribution in [3.63, 3.8) is 0 Å². The first-order valence-corrected chi connectivity index (χ1v) is 8.82. The van der Waals surface area contributed by atoms with Gasteiger partial charge in [-0.05, 0) is 60.9 Å². The number of ether oxygens (including phenoxy) is 3. The first-order chi connectivity index (χ1) is 12.5. The van der Waals surface area contributed by atoms with Gasteiger partial charge in [0.25, 0.3) is 0 Å². The number of hydrogen-bond donors (Lipinski definition) is 0. The lowest BCUT2D eigenvalue weighted by Crippen LogP contribution is -2.11. The van der Waals surface area contributed by atoms with E-state index in [1.165, 1.54) is 13.2 Å². The van der Waals surface area contributed by atoms with Crippen LogP contribution in [0.5, 0.6) is 11.5 Å². The Morgan fingerprint density at radius 3 is 2.65 bits per heavy atom.